The van der Waals surface area contributed by atoms with E-state index in [0.717, 1.165) is 5.56 Å². The van der Waals surface area contributed by atoms with Crippen molar-refractivity contribution in [2.75, 3.05) is 20.3 Å². The van der Waals surface area contributed by atoms with Gasteiger partial charge in [0.25, 0.3) is 0 Å². The number of amides is 1. The van der Waals surface area contributed by atoms with Crippen LogP contribution in [0.4, 0.5) is 0 Å². The summed E-state index contributed by atoms with van der Waals surface area (Å²) in [6.45, 7) is 5.42. The van der Waals surface area contributed by atoms with Crippen molar-refractivity contribution >= 4 is 5.91 Å². The van der Waals surface area contributed by atoms with E-state index in [9.17, 15) is 4.79 Å². The number of ether oxygens (including phenoxy) is 1. The quantitative estimate of drug-likeness (QED) is 0.893. The Bertz CT molecular complexity index is 475. The highest BCUT2D eigenvalue weighted by Gasteiger charge is 2.45. The minimum absolute atomic E-state index is 0.0563. The summed E-state index contributed by atoms with van der Waals surface area (Å²) >= 11 is 0. The molecule has 1 saturated heterocycles. The topological polar surface area (TPSA) is 55.6 Å². The van der Waals surface area contributed by atoms with Crippen LogP contribution in [0.25, 0.3) is 0 Å². The maximum atomic E-state index is 12.6. The van der Waals surface area contributed by atoms with Crippen molar-refractivity contribution in [3.8, 4) is 0 Å². The van der Waals surface area contributed by atoms with Crippen LogP contribution in [0.3, 0.4) is 0 Å². The Kier molecular flexibility index (Phi) is 3.92. The first-order chi connectivity index (χ1) is 8.95. The standard InChI is InChI=1S/C15H22N2O2/c1-11-6-4-5-7-12(11)8-17(3)14(18)15(2)10-19-9-13(15)16/h4-7,13H,8-10,16H2,1-3H3. The number of benzene rings is 1. The van der Waals surface area contributed by atoms with Crippen LogP contribution in [0, 0.1) is 12.3 Å². The zero-order valence-corrected chi connectivity index (χ0v) is 11.8. The maximum Gasteiger partial charge on any atom is 0.232 e. The lowest BCUT2D eigenvalue weighted by Crippen LogP contribution is -2.50. The van der Waals surface area contributed by atoms with Crippen molar-refractivity contribution < 1.29 is 9.53 Å². The lowest BCUT2D eigenvalue weighted by atomic mass is 9.84. The molecule has 1 amide bonds. The molecule has 0 bridgehead atoms. The van der Waals surface area contributed by atoms with Crippen LogP contribution in [0.2, 0.25) is 0 Å². The fourth-order valence-corrected chi connectivity index (χ4v) is 2.46. The van der Waals surface area contributed by atoms with Crippen molar-refractivity contribution in [3.63, 3.8) is 0 Å². The van der Waals surface area contributed by atoms with E-state index in [1.165, 1.54) is 5.56 Å². The molecule has 2 rings (SSSR count). The summed E-state index contributed by atoms with van der Waals surface area (Å²) in [7, 11) is 1.82. The molecule has 0 aromatic heterocycles. The monoisotopic (exact) mass is 262 g/mol. The minimum atomic E-state index is -0.600. The van der Waals surface area contributed by atoms with Gasteiger partial charge in [0, 0.05) is 19.6 Å². The predicted molar refractivity (Wildman–Crippen MR) is 74.6 cm³/mol. The molecular weight excluding hydrogens is 240 g/mol. The normalized spacial score (nSPS) is 26.4. The second kappa shape index (κ2) is 5.31. The summed E-state index contributed by atoms with van der Waals surface area (Å²) in [5, 5.41) is 0. The Balaban J connectivity index is 2.10. The lowest BCUT2D eigenvalue weighted by molar-refractivity contribution is -0.140. The van der Waals surface area contributed by atoms with E-state index in [2.05, 4.69) is 13.0 Å². The van der Waals surface area contributed by atoms with E-state index in [1.54, 1.807) is 4.90 Å². The predicted octanol–water partition coefficient (Wildman–Crippen LogP) is 1.32. The highest BCUT2D eigenvalue weighted by molar-refractivity contribution is 5.83. The molecule has 1 heterocycles. The van der Waals surface area contributed by atoms with Gasteiger partial charge in [-0.3, -0.25) is 4.79 Å². The summed E-state index contributed by atoms with van der Waals surface area (Å²) in [6, 6.07) is 7.88. The van der Waals surface area contributed by atoms with Crippen LogP contribution in [0.15, 0.2) is 24.3 Å². The van der Waals surface area contributed by atoms with Crippen molar-refractivity contribution in [2.45, 2.75) is 26.4 Å². The Labute approximate surface area is 114 Å². The Hall–Kier alpha value is -1.39. The average molecular weight is 262 g/mol. The first-order valence-corrected chi connectivity index (χ1v) is 6.58. The summed E-state index contributed by atoms with van der Waals surface area (Å²) in [5.41, 5.74) is 7.76. The molecule has 104 valence electrons. The molecule has 1 aromatic carbocycles. The van der Waals surface area contributed by atoms with E-state index < -0.39 is 5.41 Å². The number of rotatable bonds is 3. The number of nitrogens with two attached hydrogens (primary N) is 1. The van der Waals surface area contributed by atoms with E-state index in [-0.39, 0.29) is 11.9 Å². The molecule has 0 radical (unpaired) electrons. The molecule has 0 aliphatic carbocycles. The first kappa shape index (κ1) is 14.0. The minimum Gasteiger partial charge on any atom is -0.379 e. The summed E-state index contributed by atoms with van der Waals surface area (Å²) in [4.78, 5) is 14.3. The van der Waals surface area contributed by atoms with Gasteiger partial charge in [-0.25, -0.2) is 0 Å². The highest BCUT2D eigenvalue weighted by Crippen LogP contribution is 2.29. The molecule has 1 aromatic rings. The smallest absolute Gasteiger partial charge is 0.232 e. The van der Waals surface area contributed by atoms with Crippen LogP contribution in [-0.4, -0.2) is 37.1 Å². The third-order valence-corrected chi connectivity index (χ3v) is 4.02. The largest absolute Gasteiger partial charge is 0.379 e. The summed E-state index contributed by atoms with van der Waals surface area (Å²) in [6.07, 6.45) is 0. The number of hydrogen-bond donors (Lipinski definition) is 1. The van der Waals surface area contributed by atoms with Gasteiger partial charge < -0.3 is 15.4 Å². The number of aryl methyl sites for hydroxylation is 1. The zero-order chi connectivity index (χ0) is 14.0. The number of carbonyl (C=O) groups is 1. The van der Waals surface area contributed by atoms with Gasteiger partial charge in [0.1, 0.15) is 0 Å². The SMILES string of the molecule is Cc1ccccc1CN(C)C(=O)C1(C)COCC1N. The van der Waals surface area contributed by atoms with Gasteiger partial charge in [-0.15, -0.1) is 0 Å². The average Bonchev–Trinajstić information content (AvgIpc) is 2.72. The number of nitrogens with zero attached hydrogens (tertiary/aromatic N) is 1. The third kappa shape index (κ3) is 2.65. The van der Waals surface area contributed by atoms with Crippen LogP contribution in [-0.2, 0) is 16.1 Å². The molecule has 1 aliphatic rings. The Morgan fingerprint density at radius 3 is 2.79 bits per heavy atom. The van der Waals surface area contributed by atoms with Gasteiger partial charge in [-0.2, -0.15) is 0 Å². The van der Waals surface area contributed by atoms with Crippen molar-refractivity contribution in [1.29, 1.82) is 0 Å². The van der Waals surface area contributed by atoms with E-state index >= 15 is 0 Å². The zero-order valence-electron chi connectivity index (χ0n) is 11.8. The molecule has 1 fully saturated rings. The van der Waals surface area contributed by atoms with Crippen LogP contribution in [0.1, 0.15) is 18.1 Å². The molecule has 2 atom stereocenters. The fourth-order valence-electron chi connectivity index (χ4n) is 2.46. The van der Waals surface area contributed by atoms with Gasteiger partial charge >= 0.3 is 0 Å². The number of hydrogen-bond acceptors (Lipinski definition) is 3. The molecule has 4 nitrogen and oxygen atoms in total. The van der Waals surface area contributed by atoms with Gasteiger partial charge in [0.15, 0.2) is 0 Å². The molecular formula is C15H22N2O2. The van der Waals surface area contributed by atoms with Gasteiger partial charge in [0.2, 0.25) is 5.91 Å². The molecule has 2 unspecified atom stereocenters. The van der Waals surface area contributed by atoms with Crippen LogP contribution in [0.5, 0.6) is 0 Å². The highest BCUT2D eigenvalue weighted by atomic mass is 16.5. The van der Waals surface area contributed by atoms with Crippen molar-refractivity contribution in [1.82, 2.24) is 4.90 Å². The molecule has 4 heteroatoms. The lowest BCUT2D eigenvalue weighted by Gasteiger charge is -2.31. The molecule has 1 aliphatic heterocycles. The van der Waals surface area contributed by atoms with Crippen LogP contribution < -0.4 is 5.73 Å². The number of carbonyl (C=O) groups excluding carboxylic acids is 1. The maximum absolute atomic E-state index is 12.6. The molecule has 0 saturated carbocycles. The molecule has 0 spiro atoms. The fraction of sp³-hybridized carbons (Fsp3) is 0.533. The van der Waals surface area contributed by atoms with Gasteiger partial charge in [-0.1, -0.05) is 24.3 Å². The van der Waals surface area contributed by atoms with Crippen molar-refractivity contribution in [3.05, 3.63) is 35.4 Å². The van der Waals surface area contributed by atoms with E-state index in [1.807, 2.05) is 32.2 Å². The Morgan fingerprint density at radius 2 is 2.21 bits per heavy atom. The molecule has 19 heavy (non-hydrogen) atoms. The van der Waals surface area contributed by atoms with Gasteiger partial charge in [0.05, 0.1) is 18.6 Å². The van der Waals surface area contributed by atoms with E-state index in [0.29, 0.717) is 19.8 Å². The van der Waals surface area contributed by atoms with Gasteiger partial charge in [-0.05, 0) is 25.0 Å². The van der Waals surface area contributed by atoms with Crippen molar-refractivity contribution in [2.24, 2.45) is 11.1 Å². The molecule has 2 N–H and O–H groups in total. The summed E-state index contributed by atoms with van der Waals surface area (Å²) in [5.74, 6) is 0.0563. The third-order valence-electron chi connectivity index (χ3n) is 4.02. The Morgan fingerprint density at radius 1 is 1.53 bits per heavy atom. The first-order valence-electron chi connectivity index (χ1n) is 6.58. The van der Waals surface area contributed by atoms with Crippen LogP contribution >= 0.6 is 0 Å². The van der Waals surface area contributed by atoms with E-state index in [4.69, 9.17) is 10.5 Å². The second-order valence-corrected chi connectivity index (χ2v) is 5.63. The summed E-state index contributed by atoms with van der Waals surface area (Å²) < 4.78 is 5.35. The second-order valence-electron chi connectivity index (χ2n) is 5.63.